The molecule has 0 aliphatic heterocycles. The molecule has 0 aliphatic rings. The Morgan fingerprint density at radius 1 is 0.548 bits per heavy atom. The van der Waals surface area contributed by atoms with E-state index in [0.717, 1.165) is 11.4 Å². The quantitative estimate of drug-likeness (QED) is 0.358. The number of nitrogens with zero attached hydrogens (tertiary/aromatic N) is 1. The molecule has 0 heterocycles. The predicted molar refractivity (Wildman–Crippen MR) is 135 cm³/mol. The molecular formula is C29H30N2. The molecule has 4 aromatic carbocycles. The number of benzene rings is 4. The van der Waals surface area contributed by atoms with Crippen LogP contribution in [0.2, 0.25) is 0 Å². The summed E-state index contributed by atoms with van der Waals surface area (Å²) in [5.74, 6) is 0. The van der Waals surface area contributed by atoms with Gasteiger partial charge in [-0.2, -0.15) is 0 Å². The monoisotopic (exact) mass is 406 g/mol. The third-order valence-electron chi connectivity index (χ3n) is 5.60. The summed E-state index contributed by atoms with van der Waals surface area (Å²) in [6, 6.07) is 30.4. The molecule has 2 heteroatoms. The topological polar surface area (TPSA) is 15.3 Å². The van der Waals surface area contributed by atoms with Crippen molar-refractivity contribution in [1.82, 2.24) is 0 Å². The van der Waals surface area contributed by atoms with Crippen LogP contribution in [0.25, 0.3) is 0 Å². The number of hydrogen-bond acceptors (Lipinski definition) is 2. The highest BCUT2D eigenvalue weighted by atomic mass is 15.1. The van der Waals surface area contributed by atoms with Crippen LogP contribution in [0.5, 0.6) is 0 Å². The van der Waals surface area contributed by atoms with E-state index < -0.39 is 0 Å². The van der Waals surface area contributed by atoms with Gasteiger partial charge >= 0.3 is 0 Å². The van der Waals surface area contributed by atoms with Gasteiger partial charge in [0.05, 0.1) is 0 Å². The summed E-state index contributed by atoms with van der Waals surface area (Å²) in [5, 5.41) is 3.60. The van der Waals surface area contributed by atoms with Crippen molar-refractivity contribution in [2.45, 2.75) is 34.6 Å². The average molecular weight is 407 g/mol. The van der Waals surface area contributed by atoms with Gasteiger partial charge in [0.2, 0.25) is 0 Å². The van der Waals surface area contributed by atoms with Gasteiger partial charge in [-0.15, -0.1) is 0 Å². The molecule has 0 unspecified atom stereocenters. The second-order valence-electron chi connectivity index (χ2n) is 8.46. The largest absolute Gasteiger partial charge is 0.355 e. The molecule has 0 spiro atoms. The van der Waals surface area contributed by atoms with Crippen molar-refractivity contribution in [2.75, 3.05) is 10.2 Å². The Morgan fingerprint density at radius 3 is 1.65 bits per heavy atom. The van der Waals surface area contributed by atoms with Gasteiger partial charge in [-0.25, -0.2) is 0 Å². The molecule has 0 amide bonds. The SMILES string of the molecule is Cc1cccc(Nc2cc(C)c(N(c3cccc(C)c3)c3cccc(C)c3)cc2C)c1. The summed E-state index contributed by atoms with van der Waals surface area (Å²) >= 11 is 0. The lowest BCUT2D eigenvalue weighted by molar-refractivity contribution is 1.22. The van der Waals surface area contributed by atoms with Crippen molar-refractivity contribution in [3.05, 3.63) is 113 Å². The zero-order valence-electron chi connectivity index (χ0n) is 19.0. The van der Waals surface area contributed by atoms with Crippen molar-refractivity contribution < 1.29 is 0 Å². The van der Waals surface area contributed by atoms with Crippen molar-refractivity contribution in [3.8, 4) is 0 Å². The molecule has 0 aromatic heterocycles. The normalized spacial score (nSPS) is 10.7. The van der Waals surface area contributed by atoms with E-state index in [2.05, 4.69) is 130 Å². The molecule has 0 atom stereocenters. The number of hydrogen-bond donors (Lipinski definition) is 1. The molecule has 0 saturated carbocycles. The maximum Gasteiger partial charge on any atom is 0.0494 e. The van der Waals surface area contributed by atoms with Crippen LogP contribution < -0.4 is 10.2 Å². The first kappa shape index (κ1) is 20.7. The van der Waals surface area contributed by atoms with E-state index in [4.69, 9.17) is 0 Å². The Balaban J connectivity index is 1.81. The minimum absolute atomic E-state index is 1.12. The zero-order valence-corrected chi connectivity index (χ0v) is 19.0. The average Bonchev–Trinajstić information content (AvgIpc) is 2.72. The van der Waals surface area contributed by atoms with Gasteiger partial charge in [0.1, 0.15) is 0 Å². The van der Waals surface area contributed by atoms with Crippen molar-refractivity contribution in [2.24, 2.45) is 0 Å². The van der Waals surface area contributed by atoms with Crippen LogP contribution in [0.15, 0.2) is 84.9 Å². The van der Waals surface area contributed by atoms with Gasteiger partial charge in [-0.05, 0) is 111 Å². The molecule has 0 aliphatic carbocycles. The summed E-state index contributed by atoms with van der Waals surface area (Å²) in [7, 11) is 0. The van der Waals surface area contributed by atoms with Crippen LogP contribution in [-0.2, 0) is 0 Å². The lowest BCUT2D eigenvalue weighted by atomic mass is 10.0. The fraction of sp³-hybridized carbons (Fsp3) is 0.172. The molecule has 31 heavy (non-hydrogen) atoms. The third-order valence-corrected chi connectivity index (χ3v) is 5.60. The van der Waals surface area contributed by atoms with Crippen LogP contribution >= 0.6 is 0 Å². The fourth-order valence-corrected chi connectivity index (χ4v) is 4.02. The Hall–Kier alpha value is -3.52. The van der Waals surface area contributed by atoms with E-state index in [1.165, 1.54) is 44.9 Å². The summed E-state index contributed by atoms with van der Waals surface area (Å²) in [6.45, 7) is 10.8. The molecule has 0 fully saturated rings. The number of nitrogens with one attached hydrogen (secondary N) is 1. The van der Waals surface area contributed by atoms with E-state index >= 15 is 0 Å². The first-order valence-corrected chi connectivity index (χ1v) is 10.8. The Bertz CT molecular complexity index is 1180. The Labute approximate surface area is 186 Å². The predicted octanol–water partition coefficient (Wildman–Crippen LogP) is 8.44. The number of anilines is 5. The lowest BCUT2D eigenvalue weighted by Gasteiger charge is -2.28. The zero-order chi connectivity index (χ0) is 22.0. The van der Waals surface area contributed by atoms with E-state index in [9.17, 15) is 0 Å². The molecule has 156 valence electrons. The molecule has 1 N–H and O–H groups in total. The highest BCUT2D eigenvalue weighted by molar-refractivity contribution is 5.81. The van der Waals surface area contributed by atoms with Crippen LogP contribution in [0, 0.1) is 34.6 Å². The molecule has 0 bridgehead atoms. The fourth-order valence-electron chi connectivity index (χ4n) is 4.02. The second kappa shape index (κ2) is 8.69. The highest BCUT2D eigenvalue weighted by Crippen LogP contribution is 2.39. The van der Waals surface area contributed by atoms with Gasteiger partial charge in [0.25, 0.3) is 0 Å². The minimum atomic E-state index is 1.12. The first-order valence-electron chi connectivity index (χ1n) is 10.8. The summed E-state index contributed by atoms with van der Waals surface area (Å²) < 4.78 is 0. The molecular weight excluding hydrogens is 376 g/mol. The maximum absolute atomic E-state index is 3.60. The molecule has 4 aromatic rings. The van der Waals surface area contributed by atoms with Gasteiger partial charge < -0.3 is 10.2 Å². The smallest absolute Gasteiger partial charge is 0.0494 e. The molecule has 2 nitrogen and oxygen atoms in total. The first-order chi connectivity index (χ1) is 14.9. The summed E-state index contributed by atoms with van der Waals surface area (Å²) in [4.78, 5) is 2.36. The van der Waals surface area contributed by atoms with Crippen molar-refractivity contribution in [1.29, 1.82) is 0 Å². The van der Waals surface area contributed by atoms with Gasteiger partial charge in [-0.3, -0.25) is 0 Å². The van der Waals surface area contributed by atoms with E-state index in [-0.39, 0.29) is 0 Å². The standard InChI is InChI=1S/C29H30N2/c1-20-9-6-12-25(15-20)30-28-18-24(5)29(19-23(28)4)31(26-13-7-10-21(2)16-26)27-14-8-11-22(3)17-27/h6-19,30H,1-5H3. The van der Waals surface area contributed by atoms with Gasteiger partial charge in [0.15, 0.2) is 0 Å². The highest BCUT2D eigenvalue weighted by Gasteiger charge is 2.16. The van der Waals surface area contributed by atoms with Crippen molar-refractivity contribution >= 4 is 28.4 Å². The summed E-state index contributed by atoms with van der Waals surface area (Å²) in [5.41, 5.74) is 12.0. The van der Waals surface area contributed by atoms with E-state index in [1.807, 2.05) is 0 Å². The van der Waals surface area contributed by atoms with Gasteiger partial charge in [-0.1, -0.05) is 36.4 Å². The molecule has 4 rings (SSSR count). The number of rotatable bonds is 5. The van der Waals surface area contributed by atoms with Crippen molar-refractivity contribution in [3.63, 3.8) is 0 Å². The third kappa shape index (κ3) is 4.64. The minimum Gasteiger partial charge on any atom is -0.355 e. The van der Waals surface area contributed by atoms with Crippen LogP contribution in [0.1, 0.15) is 27.8 Å². The Kier molecular flexibility index (Phi) is 5.81. The molecule has 0 radical (unpaired) electrons. The van der Waals surface area contributed by atoms with Crippen LogP contribution in [0.3, 0.4) is 0 Å². The van der Waals surface area contributed by atoms with E-state index in [0.29, 0.717) is 0 Å². The van der Waals surface area contributed by atoms with Gasteiger partial charge in [0, 0.05) is 28.4 Å². The Morgan fingerprint density at radius 2 is 1.10 bits per heavy atom. The van der Waals surface area contributed by atoms with Crippen LogP contribution in [0.4, 0.5) is 28.4 Å². The molecule has 0 saturated heterocycles. The number of aryl methyl sites for hydroxylation is 5. The van der Waals surface area contributed by atoms with E-state index in [1.54, 1.807) is 0 Å². The maximum atomic E-state index is 3.60. The summed E-state index contributed by atoms with van der Waals surface area (Å²) in [6.07, 6.45) is 0. The second-order valence-corrected chi connectivity index (χ2v) is 8.46. The lowest BCUT2D eigenvalue weighted by Crippen LogP contribution is -2.12. The van der Waals surface area contributed by atoms with Crippen LogP contribution in [-0.4, -0.2) is 0 Å².